The lowest BCUT2D eigenvalue weighted by atomic mass is 10.1. The first-order valence-corrected chi connectivity index (χ1v) is 8.19. The molecular formula is C17H31N3O. The summed E-state index contributed by atoms with van der Waals surface area (Å²) in [5.74, 6) is 2.12. The Morgan fingerprint density at radius 2 is 1.86 bits per heavy atom. The summed E-state index contributed by atoms with van der Waals surface area (Å²) in [5.41, 5.74) is 6.58. The summed E-state index contributed by atoms with van der Waals surface area (Å²) < 4.78 is 5.67. The first-order valence-electron chi connectivity index (χ1n) is 8.19. The summed E-state index contributed by atoms with van der Waals surface area (Å²) in [6.45, 7) is 12.7. The van der Waals surface area contributed by atoms with Gasteiger partial charge in [0.1, 0.15) is 5.82 Å². The monoisotopic (exact) mass is 293 g/mol. The summed E-state index contributed by atoms with van der Waals surface area (Å²) in [7, 11) is 0. The highest BCUT2D eigenvalue weighted by molar-refractivity contribution is 5.55. The van der Waals surface area contributed by atoms with Crippen molar-refractivity contribution in [2.24, 2.45) is 5.92 Å². The summed E-state index contributed by atoms with van der Waals surface area (Å²) in [5, 5.41) is 0. The number of nitrogen functional groups attached to an aromatic ring is 1. The van der Waals surface area contributed by atoms with Gasteiger partial charge in [-0.15, -0.1) is 0 Å². The van der Waals surface area contributed by atoms with Gasteiger partial charge in [0.15, 0.2) is 0 Å². The van der Waals surface area contributed by atoms with E-state index in [1.165, 1.54) is 0 Å². The normalized spacial score (nSPS) is 11.2. The number of hydrogen-bond acceptors (Lipinski definition) is 4. The second-order valence-corrected chi connectivity index (χ2v) is 5.93. The first-order chi connectivity index (χ1) is 10.0. The molecule has 0 atom stereocenters. The van der Waals surface area contributed by atoms with Gasteiger partial charge in [0, 0.05) is 12.6 Å². The van der Waals surface area contributed by atoms with Gasteiger partial charge in [-0.1, -0.05) is 34.6 Å². The maximum atomic E-state index is 5.97. The summed E-state index contributed by atoms with van der Waals surface area (Å²) in [6, 6.07) is 4.42. The molecule has 0 aliphatic carbocycles. The highest BCUT2D eigenvalue weighted by Gasteiger charge is 2.19. The zero-order chi connectivity index (χ0) is 15.8. The third-order valence-electron chi connectivity index (χ3n) is 3.56. The van der Waals surface area contributed by atoms with Crippen molar-refractivity contribution in [3.63, 3.8) is 0 Å². The molecule has 1 heterocycles. The van der Waals surface area contributed by atoms with Crippen molar-refractivity contribution in [1.29, 1.82) is 0 Å². The minimum absolute atomic E-state index is 0.502. The van der Waals surface area contributed by atoms with Crippen LogP contribution in [-0.4, -0.2) is 24.2 Å². The van der Waals surface area contributed by atoms with E-state index in [-0.39, 0.29) is 0 Å². The summed E-state index contributed by atoms with van der Waals surface area (Å²) in [4.78, 5) is 7.05. The SMILES string of the molecule is CCCOc1nc(N(CC(C)C)C(CC)CC)ccc1N. The molecule has 0 unspecified atom stereocenters. The smallest absolute Gasteiger partial charge is 0.239 e. The van der Waals surface area contributed by atoms with E-state index in [4.69, 9.17) is 10.5 Å². The van der Waals surface area contributed by atoms with Crippen LogP contribution in [0.25, 0.3) is 0 Å². The molecule has 4 nitrogen and oxygen atoms in total. The van der Waals surface area contributed by atoms with E-state index in [9.17, 15) is 0 Å². The Morgan fingerprint density at radius 3 is 2.38 bits per heavy atom. The number of pyridine rings is 1. The van der Waals surface area contributed by atoms with Crippen molar-refractivity contribution < 1.29 is 4.74 Å². The molecule has 0 aliphatic heterocycles. The molecule has 0 bridgehead atoms. The number of anilines is 2. The Labute approximate surface area is 129 Å². The lowest BCUT2D eigenvalue weighted by Crippen LogP contribution is -2.38. The van der Waals surface area contributed by atoms with Crippen molar-refractivity contribution in [1.82, 2.24) is 4.98 Å². The van der Waals surface area contributed by atoms with E-state index in [1.54, 1.807) is 0 Å². The Kier molecular flexibility index (Phi) is 7.34. The molecule has 1 aromatic heterocycles. The molecule has 2 N–H and O–H groups in total. The molecule has 0 spiro atoms. The highest BCUT2D eigenvalue weighted by atomic mass is 16.5. The van der Waals surface area contributed by atoms with Crippen LogP contribution in [0.15, 0.2) is 12.1 Å². The van der Waals surface area contributed by atoms with Crippen molar-refractivity contribution in [3.8, 4) is 5.88 Å². The largest absolute Gasteiger partial charge is 0.476 e. The minimum Gasteiger partial charge on any atom is -0.476 e. The van der Waals surface area contributed by atoms with Gasteiger partial charge >= 0.3 is 0 Å². The average molecular weight is 293 g/mol. The van der Waals surface area contributed by atoms with E-state index < -0.39 is 0 Å². The molecule has 0 aromatic carbocycles. The van der Waals surface area contributed by atoms with Gasteiger partial charge in [-0.3, -0.25) is 0 Å². The zero-order valence-corrected chi connectivity index (χ0v) is 14.2. The molecule has 4 heteroatoms. The molecule has 21 heavy (non-hydrogen) atoms. The molecule has 0 amide bonds. The lowest BCUT2D eigenvalue weighted by Gasteiger charge is -2.33. The molecular weight excluding hydrogens is 262 g/mol. The first kappa shape index (κ1) is 17.6. The molecule has 0 aliphatic rings. The standard InChI is InChI=1S/C17H31N3O/c1-6-11-21-17-15(18)9-10-16(19-17)20(12-13(4)5)14(7-2)8-3/h9-10,13-14H,6-8,11-12,18H2,1-5H3. The van der Waals surface area contributed by atoms with E-state index >= 15 is 0 Å². The van der Waals surface area contributed by atoms with Crippen LogP contribution in [0.4, 0.5) is 11.5 Å². The van der Waals surface area contributed by atoms with E-state index in [1.807, 2.05) is 12.1 Å². The quantitative estimate of drug-likeness (QED) is 0.744. The van der Waals surface area contributed by atoms with E-state index in [0.717, 1.165) is 31.6 Å². The Bertz CT molecular complexity index is 416. The number of aromatic nitrogens is 1. The maximum Gasteiger partial charge on any atom is 0.239 e. The van der Waals surface area contributed by atoms with Crippen LogP contribution in [-0.2, 0) is 0 Å². The fourth-order valence-corrected chi connectivity index (χ4v) is 2.47. The topological polar surface area (TPSA) is 51.4 Å². The lowest BCUT2D eigenvalue weighted by molar-refractivity contribution is 0.307. The molecule has 0 saturated carbocycles. The fourth-order valence-electron chi connectivity index (χ4n) is 2.47. The van der Waals surface area contributed by atoms with Gasteiger partial charge in [-0.25, -0.2) is 0 Å². The fraction of sp³-hybridized carbons (Fsp3) is 0.706. The second-order valence-electron chi connectivity index (χ2n) is 5.93. The summed E-state index contributed by atoms with van der Waals surface area (Å²) in [6.07, 6.45) is 3.18. The van der Waals surface area contributed by atoms with Gasteiger partial charge in [-0.2, -0.15) is 4.98 Å². The van der Waals surface area contributed by atoms with Crippen LogP contribution in [0.5, 0.6) is 5.88 Å². The Balaban J connectivity index is 3.05. The van der Waals surface area contributed by atoms with Crippen molar-refractivity contribution in [2.75, 3.05) is 23.8 Å². The number of ether oxygens (including phenoxy) is 1. The van der Waals surface area contributed by atoms with Crippen LogP contribution >= 0.6 is 0 Å². The van der Waals surface area contributed by atoms with Crippen LogP contribution in [0.2, 0.25) is 0 Å². The molecule has 1 rings (SSSR count). The van der Waals surface area contributed by atoms with E-state index in [2.05, 4.69) is 44.5 Å². The molecule has 1 aromatic rings. The molecule has 0 fully saturated rings. The van der Waals surface area contributed by atoms with Crippen molar-refractivity contribution in [2.45, 2.75) is 59.9 Å². The highest BCUT2D eigenvalue weighted by Crippen LogP contribution is 2.26. The van der Waals surface area contributed by atoms with Crippen molar-refractivity contribution in [3.05, 3.63) is 12.1 Å². The zero-order valence-electron chi connectivity index (χ0n) is 14.2. The minimum atomic E-state index is 0.502. The number of nitrogens with zero attached hydrogens (tertiary/aromatic N) is 2. The average Bonchev–Trinajstić information content (AvgIpc) is 2.46. The third-order valence-corrected chi connectivity index (χ3v) is 3.56. The predicted molar refractivity (Wildman–Crippen MR) is 91.0 cm³/mol. The second kappa shape index (κ2) is 8.75. The number of rotatable bonds is 9. The Hall–Kier alpha value is -1.45. The summed E-state index contributed by atoms with van der Waals surface area (Å²) >= 11 is 0. The maximum absolute atomic E-state index is 5.97. The predicted octanol–water partition coefficient (Wildman–Crippen LogP) is 4.10. The molecule has 0 saturated heterocycles. The third kappa shape index (κ3) is 5.10. The van der Waals surface area contributed by atoms with Crippen LogP contribution < -0.4 is 15.4 Å². The van der Waals surface area contributed by atoms with Gasteiger partial charge < -0.3 is 15.4 Å². The van der Waals surface area contributed by atoms with Crippen LogP contribution in [0.1, 0.15) is 53.9 Å². The number of nitrogens with two attached hydrogens (primary N) is 1. The van der Waals surface area contributed by atoms with Gasteiger partial charge in [0.2, 0.25) is 5.88 Å². The van der Waals surface area contributed by atoms with Crippen LogP contribution in [0, 0.1) is 5.92 Å². The van der Waals surface area contributed by atoms with Crippen molar-refractivity contribution >= 4 is 11.5 Å². The van der Waals surface area contributed by atoms with Crippen LogP contribution in [0.3, 0.4) is 0 Å². The van der Waals surface area contributed by atoms with Gasteiger partial charge in [-0.05, 0) is 37.3 Å². The number of hydrogen-bond donors (Lipinski definition) is 1. The van der Waals surface area contributed by atoms with Gasteiger partial charge in [0.25, 0.3) is 0 Å². The molecule has 0 radical (unpaired) electrons. The van der Waals surface area contributed by atoms with E-state index in [0.29, 0.717) is 30.1 Å². The Morgan fingerprint density at radius 1 is 1.19 bits per heavy atom. The molecule has 120 valence electrons. The van der Waals surface area contributed by atoms with Gasteiger partial charge in [0.05, 0.1) is 12.3 Å².